The van der Waals surface area contributed by atoms with E-state index in [4.69, 9.17) is 0 Å². The maximum Gasteiger partial charge on any atom is 0.417 e. The van der Waals surface area contributed by atoms with E-state index in [0.29, 0.717) is 30.4 Å². The minimum Gasteiger partial charge on any atom is -0.370 e. The molecule has 34 heavy (non-hydrogen) atoms. The second kappa shape index (κ2) is 11.2. The summed E-state index contributed by atoms with van der Waals surface area (Å²) in [6, 6.07) is 10.1. The zero-order valence-corrected chi connectivity index (χ0v) is 19.6. The molecule has 0 fully saturated rings. The molecule has 9 heteroatoms. The highest BCUT2D eigenvalue weighted by molar-refractivity contribution is 6.00. The number of aromatic nitrogens is 3. The average Bonchev–Trinajstić information content (AvgIpc) is 3.22. The average molecular weight is 474 g/mol. The van der Waals surface area contributed by atoms with Crippen LogP contribution in [0.2, 0.25) is 0 Å². The van der Waals surface area contributed by atoms with Crippen molar-refractivity contribution < 1.29 is 18.0 Å². The molecular formula is C25H30F3N5O. The molecule has 3 aromatic rings. The van der Waals surface area contributed by atoms with Crippen LogP contribution < -0.4 is 10.6 Å². The monoisotopic (exact) mass is 473 g/mol. The standard InChI is InChI=1S/C25H30F3N5O/c1-17(10-13-29-23-9-7-19(16-31-23)25(26,27)28)5-4-12-30-24(34)21-15-18(2)6-8-20(21)22-11-14-32-33(22)3/h6-9,11,14-17H,4-5,10,12-13H2,1-3H3,(H,29,31)(H,30,34). The van der Waals surface area contributed by atoms with E-state index in [0.717, 1.165) is 48.3 Å². The number of carbonyl (C=O) groups is 1. The fraction of sp³-hybridized carbons (Fsp3) is 0.400. The van der Waals surface area contributed by atoms with Gasteiger partial charge < -0.3 is 10.6 Å². The van der Waals surface area contributed by atoms with Gasteiger partial charge in [-0.1, -0.05) is 24.6 Å². The molecule has 0 saturated heterocycles. The van der Waals surface area contributed by atoms with Crippen LogP contribution in [0.3, 0.4) is 0 Å². The van der Waals surface area contributed by atoms with Crippen molar-refractivity contribution in [2.75, 3.05) is 18.4 Å². The predicted octanol–water partition coefficient (Wildman–Crippen LogP) is 5.46. The third kappa shape index (κ3) is 6.82. The Morgan fingerprint density at radius 3 is 2.56 bits per heavy atom. The first kappa shape index (κ1) is 25.3. The Balaban J connectivity index is 1.41. The zero-order valence-electron chi connectivity index (χ0n) is 19.6. The Labute approximate surface area is 197 Å². The normalized spacial score (nSPS) is 12.4. The van der Waals surface area contributed by atoms with E-state index in [2.05, 4.69) is 27.6 Å². The largest absolute Gasteiger partial charge is 0.417 e. The number of hydrogen-bond acceptors (Lipinski definition) is 4. The number of anilines is 1. The van der Waals surface area contributed by atoms with E-state index in [9.17, 15) is 18.0 Å². The van der Waals surface area contributed by atoms with Crippen LogP contribution in [0.4, 0.5) is 19.0 Å². The molecule has 1 unspecified atom stereocenters. The van der Waals surface area contributed by atoms with Gasteiger partial charge in [0.2, 0.25) is 0 Å². The lowest BCUT2D eigenvalue weighted by Gasteiger charge is -2.14. The van der Waals surface area contributed by atoms with Crippen molar-refractivity contribution in [1.29, 1.82) is 0 Å². The van der Waals surface area contributed by atoms with E-state index in [1.807, 2.05) is 38.2 Å². The lowest BCUT2D eigenvalue weighted by molar-refractivity contribution is -0.137. The molecule has 1 amide bonds. The summed E-state index contributed by atoms with van der Waals surface area (Å²) in [5.74, 6) is 0.709. The number of hydrogen-bond donors (Lipinski definition) is 2. The highest BCUT2D eigenvalue weighted by atomic mass is 19.4. The van der Waals surface area contributed by atoms with Crippen molar-refractivity contribution in [3.05, 3.63) is 65.5 Å². The molecule has 0 spiro atoms. The fourth-order valence-electron chi connectivity index (χ4n) is 3.71. The predicted molar refractivity (Wildman–Crippen MR) is 126 cm³/mol. The molecule has 182 valence electrons. The van der Waals surface area contributed by atoms with Gasteiger partial charge in [0.15, 0.2) is 0 Å². The summed E-state index contributed by atoms with van der Waals surface area (Å²) in [4.78, 5) is 16.7. The highest BCUT2D eigenvalue weighted by Crippen LogP contribution is 2.29. The molecule has 1 atom stereocenters. The number of nitrogens with one attached hydrogen (secondary N) is 2. The molecule has 2 N–H and O–H groups in total. The molecule has 0 bridgehead atoms. The van der Waals surface area contributed by atoms with Crippen LogP contribution in [0.5, 0.6) is 0 Å². The number of rotatable bonds is 10. The van der Waals surface area contributed by atoms with Crippen molar-refractivity contribution >= 4 is 11.7 Å². The lowest BCUT2D eigenvalue weighted by Crippen LogP contribution is -2.25. The van der Waals surface area contributed by atoms with Gasteiger partial charge in [-0.05, 0) is 56.4 Å². The number of halogens is 3. The summed E-state index contributed by atoms with van der Waals surface area (Å²) in [6.45, 7) is 5.25. The van der Waals surface area contributed by atoms with Gasteiger partial charge in [-0.2, -0.15) is 18.3 Å². The summed E-state index contributed by atoms with van der Waals surface area (Å²) < 4.78 is 39.5. The van der Waals surface area contributed by atoms with Crippen LogP contribution in [0, 0.1) is 12.8 Å². The quantitative estimate of drug-likeness (QED) is 0.384. The summed E-state index contributed by atoms with van der Waals surface area (Å²) >= 11 is 0. The van der Waals surface area contributed by atoms with Crippen LogP contribution in [-0.4, -0.2) is 33.8 Å². The van der Waals surface area contributed by atoms with Crippen molar-refractivity contribution in [1.82, 2.24) is 20.1 Å². The SMILES string of the molecule is Cc1ccc(-c2ccnn2C)c(C(=O)NCCCC(C)CCNc2ccc(C(F)(F)F)cn2)c1. The number of alkyl halides is 3. The van der Waals surface area contributed by atoms with Gasteiger partial charge in [-0.25, -0.2) is 4.98 Å². The molecule has 6 nitrogen and oxygen atoms in total. The number of aryl methyl sites for hydroxylation is 2. The number of carbonyl (C=O) groups excluding carboxylic acids is 1. The first-order valence-electron chi connectivity index (χ1n) is 11.3. The van der Waals surface area contributed by atoms with Gasteiger partial charge in [0.25, 0.3) is 5.91 Å². The molecular weight excluding hydrogens is 443 g/mol. The van der Waals surface area contributed by atoms with Crippen LogP contribution >= 0.6 is 0 Å². The Bertz CT molecular complexity index is 1090. The Hall–Kier alpha value is -3.36. The van der Waals surface area contributed by atoms with Crippen molar-refractivity contribution in [3.63, 3.8) is 0 Å². The van der Waals surface area contributed by atoms with E-state index in [-0.39, 0.29) is 5.91 Å². The summed E-state index contributed by atoms with van der Waals surface area (Å²) in [6.07, 6.45) is 0.764. The summed E-state index contributed by atoms with van der Waals surface area (Å²) in [7, 11) is 1.85. The molecule has 2 aromatic heterocycles. The van der Waals surface area contributed by atoms with Gasteiger partial charge in [0.1, 0.15) is 5.82 Å². The fourth-order valence-corrected chi connectivity index (χ4v) is 3.71. The molecule has 0 aliphatic heterocycles. The summed E-state index contributed by atoms with van der Waals surface area (Å²) in [5, 5.41) is 10.3. The first-order valence-corrected chi connectivity index (χ1v) is 11.3. The third-order valence-electron chi connectivity index (χ3n) is 5.71. The Morgan fingerprint density at radius 1 is 1.12 bits per heavy atom. The van der Waals surface area contributed by atoms with Gasteiger partial charge in [0, 0.05) is 43.7 Å². The van der Waals surface area contributed by atoms with Crippen LogP contribution in [0.1, 0.15) is 47.7 Å². The van der Waals surface area contributed by atoms with Crippen LogP contribution in [-0.2, 0) is 13.2 Å². The maximum atomic E-state index is 12.9. The van der Waals surface area contributed by atoms with Crippen molar-refractivity contribution in [2.24, 2.45) is 13.0 Å². The van der Waals surface area contributed by atoms with Crippen molar-refractivity contribution in [3.8, 4) is 11.3 Å². The van der Waals surface area contributed by atoms with Gasteiger partial charge >= 0.3 is 6.18 Å². The highest BCUT2D eigenvalue weighted by Gasteiger charge is 2.30. The van der Waals surface area contributed by atoms with E-state index in [1.54, 1.807) is 10.9 Å². The second-order valence-electron chi connectivity index (χ2n) is 8.54. The second-order valence-corrected chi connectivity index (χ2v) is 8.54. The molecule has 0 aliphatic carbocycles. The Morgan fingerprint density at radius 2 is 1.91 bits per heavy atom. The molecule has 0 radical (unpaired) electrons. The molecule has 1 aromatic carbocycles. The number of pyridine rings is 1. The minimum atomic E-state index is -4.38. The van der Waals surface area contributed by atoms with Crippen molar-refractivity contribution in [2.45, 2.75) is 39.3 Å². The summed E-state index contributed by atoms with van der Waals surface area (Å²) in [5.41, 5.74) is 2.62. The zero-order chi connectivity index (χ0) is 24.7. The smallest absolute Gasteiger partial charge is 0.370 e. The Kier molecular flexibility index (Phi) is 8.31. The minimum absolute atomic E-state index is 0.109. The van der Waals surface area contributed by atoms with E-state index in [1.165, 1.54) is 6.07 Å². The van der Waals surface area contributed by atoms with Gasteiger partial charge in [-0.15, -0.1) is 0 Å². The van der Waals surface area contributed by atoms with E-state index >= 15 is 0 Å². The molecule has 3 rings (SSSR count). The number of benzene rings is 1. The van der Waals surface area contributed by atoms with Gasteiger partial charge in [0.05, 0.1) is 11.3 Å². The van der Waals surface area contributed by atoms with Crippen LogP contribution in [0.25, 0.3) is 11.3 Å². The lowest BCUT2D eigenvalue weighted by atomic mass is 10.00. The molecule has 0 saturated carbocycles. The van der Waals surface area contributed by atoms with Gasteiger partial charge in [-0.3, -0.25) is 9.48 Å². The topological polar surface area (TPSA) is 71.8 Å². The first-order chi connectivity index (χ1) is 16.1. The third-order valence-corrected chi connectivity index (χ3v) is 5.71. The van der Waals surface area contributed by atoms with Crippen LogP contribution in [0.15, 0.2) is 48.8 Å². The van der Waals surface area contributed by atoms with E-state index < -0.39 is 11.7 Å². The number of amides is 1. The molecule has 0 aliphatic rings. The number of nitrogens with zero attached hydrogens (tertiary/aromatic N) is 3. The maximum absolute atomic E-state index is 12.9. The molecule has 2 heterocycles.